The number of fused-ring (bicyclic) bond motifs is 1. The monoisotopic (exact) mass is 434 g/mol. The quantitative estimate of drug-likeness (QED) is 0.412. The fourth-order valence-corrected chi connectivity index (χ4v) is 3.47. The average molecular weight is 435 g/mol. The van der Waals surface area contributed by atoms with E-state index in [0.717, 1.165) is 16.5 Å². The predicted octanol–water partition coefficient (Wildman–Crippen LogP) is 4.14. The fraction of sp³-hybridized carbons (Fsp3) is 0.238. The van der Waals surface area contributed by atoms with Crippen molar-refractivity contribution in [2.24, 2.45) is 0 Å². The normalized spacial score (nSPS) is 11.8. The Morgan fingerprint density at radius 2 is 1.79 bits per heavy atom. The summed E-state index contributed by atoms with van der Waals surface area (Å²) in [5, 5.41) is 4.39. The molecule has 0 aliphatic rings. The molecule has 0 radical (unpaired) electrons. The van der Waals surface area contributed by atoms with Crippen molar-refractivity contribution in [1.29, 1.82) is 0 Å². The van der Waals surface area contributed by atoms with Crippen molar-refractivity contribution in [3.63, 3.8) is 0 Å². The maximum atomic E-state index is 12.5. The zero-order chi connectivity index (χ0) is 20.8. The van der Waals surface area contributed by atoms with Crippen LogP contribution in [0.1, 0.15) is 12.5 Å². The number of rotatable bonds is 8. The lowest BCUT2D eigenvalue weighted by Crippen LogP contribution is -2.42. The van der Waals surface area contributed by atoms with Crippen molar-refractivity contribution in [3.05, 3.63) is 64.3 Å². The van der Waals surface area contributed by atoms with Crippen LogP contribution in [0.15, 0.2) is 48.7 Å². The van der Waals surface area contributed by atoms with Crippen molar-refractivity contribution in [2.45, 2.75) is 19.4 Å². The molecule has 8 heteroatoms. The Balaban J connectivity index is 1.60. The minimum absolute atomic E-state index is 0.00957. The van der Waals surface area contributed by atoms with Crippen LogP contribution in [0.25, 0.3) is 10.9 Å². The van der Waals surface area contributed by atoms with Crippen LogP contribution >= 0.6 is 23.2 Å². The summed E-state index contributed by atoms with van der Waals surface area (Å²) in [6.45, 7) is 1.43. The molecule has 29 heavy (non-hydrogen) atoms. The van der Waals surface area contributed by atoms with E-state index in [2.05, 4.69) is 10.3 Å². The first-order valence-corrected chi connectivity index (χ1v) is 9.77. The highest BCUT2D eigenvalue weighted by Crippen LogP contribution is 2.32. The molecular weight excluding hydrogens is 415 g/mol. The van der Waals surface area contributed by atoms with Gasteiger partial charge in [0.15, 0.2) is 5.75 Å². The molecule has 0 saturated heterocycles. The molecule has 152 valence electrons. The number of carbonyl (C=O) groups excluding carboxylic acids is 2. The summed E-state index contributed by atoms with van der Waals surface area (Å²) in [7, 11) is 0. The Bertz CT molecular complexity index is 999. The third-order valence-corrected chi connectivity index (χ3v) is 4.85. The zero-order valence-electron chi connectivity index (χ0n) is 15.7. The van der Waals surface area contributed by atoms with Crippen molar-refractivity contribution >= 4 is 46.0 Å². The first-order valence-electron chi connectivity index (χ1n) is 9.01. The number of esters is 1. The van der Waals surface area contributed by atoms with Crippen LogP contribution in [0.4, 0.5) is 0 Å². The summed E-state index contributed by atoms with van der Waals surface area (Å²) in [5.41, 5.74) is 1.87. The van der Waals surface area contributed by atoms with Crippen molar-refractivity contribution < 1.29 is 19.1 Å². The number of hydrogen-bond donors (Lipinski definition) is 2. The van der Waals surface area contributed by atoms with Gasteiger partial charge in [0.25, 0.3) is 0 Å². The van der Waals surface area contributed by atoms with Gasteiger partial charge in [0.05, 0.1) is 10.0 Å². The van der Waals surface area contributed by atoms with Crippen LogP contribution in [-0.2, 0) is 20.7 Å². The Morgan fingerprint density at radius 1 is 1.07 bits per heavy atom. The average Bonchev–Trinajstić information content (AvgIpc) is 3.09. The van der Waals surface area contributed by atoms with Gasteiger partial charge in [-0.25, -0.2) is 4.79 Å². The minimum atomic E-state index is -0.810. The third-order valence-electron chi connectivity index (χ3n) is 4.25. The Labute approximate surface area is 178 Å². The van der Waals surface area contributed by atoms with Gasteiger partial charge in [0.1, 0.15) is 19.3 Å². The lowest BCUT2D eigenvalue weighted by molar-refractivity contribution is -0.148. The van der Waals surface area contributed by atoms with E-state index >= 15 is 0 Å². The molecule has 6 nitrogen and oxygen atoms in total. The second-order valence-corrected chi connectivity index (χ2v) is 7.20. The second kappa shape index (κ2) is 9.67. The van der Waals surface area contributed by atoms with E-state index < -0.39 is 12.0 Å². The van der Waals surface area contributed by atoms with Crippen molar-refractivity contribution in [1.82, 2.24) is 10.3 Å². The predicted molar refractivity (Wildman–Crippen MR) is 113 cm³/mol. The van der Waals surface area contributed by atoms with E-state index in [0.29, 0.717) is 22.2 Å². The largest absolute Gasteiger partial charge is 0.487 e. The van der Waals surface area contributed by atoms with E-state index in [1.165, 1.54) is 6.92 Å². The summed E-state index contributed by atoms with van der Waals surface area (Å²) in [5.74, 6) is -0.519. The molecule has 2 N–H and O–H groups in total. The van der Waals surface area contributed by atoms with Gasteiger partial charge in [0, 0.05) is 30.4 Å². The first kappa shape index (κ1) is 21.0. The number of hydrogen-bond acceptors (Lipinski definition) is 4. The van der Waals surface area contributed by atoms with Crippen LogP contribution in [0.3, 0.4) is 0 Å². The number of halogens is 2. The minimum Gasteiger partial charge on any atom is -0.487 e. The molecule has 0 aliphatic carbocycles. The summed E-state index contributed by atoms with van der Waals surface area (Å²) >= 11 is 12.1. The van der Waals surface area contributed by atoms with E-state index in [4.69, 9.17) is 32.7 Å². The van der Waals surface area contributed by atoms with Gasteiger partial charge in [0.2, 0.25) is 5.91 Å². The molecule has 0 aliphatic heterocycles. The van der Waals surface area contributed by atoms with Crippen molar-refractivity contribution in [2.75, 3.05) is 13.2 Å². The smallest absolute Gasteiger partial charge is 0.329 e. The lowest BCUT2D eigenvalue weighted by atomic mass is 10.0. The van der Waals surface area contributed by atoms with Gasteiger partial charge in [-0.1, -0.05) is 47.5 Å². The van der Waals surface area contributed by atoms with Crippen LogP contribution < -0.4 is 10.1 Å². The number of aromatic amines is 1. The highest BCUT2D eigenvalue weighted by molar-refractivity contribution is 6.37. The van der Waals surface area contributed by atoms with Crippen LogP contribution in [0, 0.1) is 0 Å². The standard InChI is InChI=1S/C21H20Cl2N2O4/c1-13(26)25-19(11-14-12-24-18-8-3-2-5-15(14)18)21(27)29-10-9-28-20-16(22)6-4-7-17(20)23/h2-8,12,19,24H,9-11H2,1H3,(H,25,26). The molecule has 1 amide bonds. The molecule has 0 bridgehead atoms. The summed E-state index contributed by atoms with van der Waals surface area (Å²) < 4.78 is 10.8. The van der Waals surface area contributed by atoms with E-state index in [-0.39, 0.29) is 19.1 Å². The van der Waals surface area contributed by atoms with E-state index in [1.807, 2.05) is 30.5 Å². The summed E-state index contributed by atoms with van der Waals surface area (Å²) in [6, 6.07) is 12.0. The highest BCUT2D eigenvalue weighted by atomic mass is 35.5. The maximum Gasteiger partial charge on any atom is 0.329 e. The van der Waals surface area contributed by atoms with E-state index in [1.54, 1.807) is 18.2 Å². The molecule has 0 fully saturated rings. The molecule has 0 saturated carbocycles. The Kier molecular flexibility index (Phi) is 7.01. The molecule has 1 heterocycles. The van der Waals surface area contributed by atoms with Gasteiger partial charge in [-0.2, -0.15) is 0 Å². The van der Waals surface area contributed by atoms with Gasteiger partial charge in [-0.05, 0) is 23.8 Å². The molecular formula is C21H20Cl2N2O4. The molecule has 0 spiro atoms. The van der Waals surface area contributed by atoms with Gasteiger partial charge in [-0.15, -0.1) is 0 Å². The summed E-state index contributed by atoms with van der Waals surface area (Å²) in [4.78, 5) is 27.2. The van der Waals surface area contributed by atoms with Crippen LogP contribution in [0.5, 0.6) is 5.75 Å². The molecule has 3 rings (SSSR count). The SMILES string of the molecule is CC(=O)NC(Cc1c[nH]c2ccccc12)C(=O)OCCOc1c(Cl)cccc1Cl. The number of benzene rings is 2. The maximum absolute atomic E-state index is 12.5. The van der Waals surface area contributed by atoms with E-state index in [9.17, 15) is 9.59 Å². The number of amides is 1. The molecule has 1 atom stereocenters. The Hall–Kier alpha value is -2.70. The number of para-hydroxylation sites is 2. The number of H-pyrrole nitrogens is 1. The second-order valence-electron chi connectivity index (χ2n) is 6.38. The first-order chi connectivity index (χ1) is 14.0. The molecule has 1 aromatic heterocycles. The zero-order valence-corrected chi connectivity index (χ0v) is 17.2. The van der Waals surface area contributed by atoms with Gasteiger partial charge < -0.3 is 19.8 Å². The fourth-order valence-electron chi connectivity index (χ4n) is 2.97. The third kappa shape index (κ3) is 5.43. The number of aromatic nitrogens is 1. The van der Waals surface area contributed by atoms with Gasteiger partial charge >= 0.3 is 5.97 Å². The highest BCUT2D eigenvalue weighted by Gasteiger charge is 2.23. The number of ether oxygens (including phenoxy) is 2. The van der Waals surface area contributed by atoms with Crippen LogP contribution in [-0.4, -0.2) is 36.1 Å². The van der Waals surface area contributed by atoms with Gasteiger partial charge in [-0.3, -0.25) is 4.79 Å². The molecule has 2 aromatic carbocycles. The molecule has 3 aromatic rings. The summed E-state index contributed by atoms with van der Waals surface area (Å²) in [6.07, 6.45) is 2.13. The number of nitrogens with one attached hydrogen (secondary N) is 2. The topological polar surface area (TPSA) is 80.4 Å². The lowest BCUT2D eigenvalue weighted by Gasteiger charge is -2.17. The van der Waals surface area contributed by atoms with Crippen LogP contribution in [0.2, 0.25) is 10.0 Å². The molecule has 1 unspecified atom stereocenters. The van der Waals surface area contributed by atoms with Crippen molar-refractivity contribution in [3.8, 4) is 5.75 Å². The Morgan fingerprint density at radius 3 is 2.52 bits per heavy atom. The number of carbonyl (C=O) groups is 2.